The van der Waals surface area contributed by atoms with Crippen LogP contribution in [-0.4, -0.2) is 35.0 Å². The lowest BCUT2D eigenvalue weighted by Crippen LogP contribution is -2.31. The summed E-state index contributed by atoms with van der Waals surface area (Å²) in [6.45, 7) is 6.26. The Labute approximate surface area is 117 Å². The van der Waals surface area contributed by atoms with Gasteiger partial charge in [-0.1, -0.05) is 11.6 Å². The second-order valence-corrected chi connectivity index (χ2v) is 5.57. The van der Waals surface area contributed by atoms with Gasteiger partial charge in [-0.05, 0) is 32.4 Å². The molecule has 1 aromatic carbocycles. The molecule has 1 fully saturated rings. The Morgan fingerprint density at radius 3 is 2.84 bits per heavy atom. The van der Waals surface area contributed by atoms with Crippen molar-refractivity contribution in [3.8, 4) is 0 Å². The first-order valence-electron chi connectivity index (χ1n) is 6.42. The van der Waals surface area contributed by atoms with Gasteiger partial charge >= 0.3 is 0 Å². The maximum Gasteiger partial charge on any atom is 0.293 e. The Balaban J connectivity index is 2.10. The molecular formula is C13H18ClN3O2. The summed E-state index contributed by atoms with van der Waals surface area (Å²) in [6.07, 6.45) is 0.998. The topological polar surface area (TPSA) is 58.4 Å². The molecule has 1 atom stereocenters. The van der Waals surface area contributed by atoms with E-state index < -0.39 is 4.92 Å². The largest absolute Gasteiger partial charge is 0.375 e. The fourth-order valence-corrected chi connectivity index (χ4v) is 2.54. The second kappa shape index (κ2) is 5.75. The van der Waals surface area contributed by atoms with Gasteiger partial charge < -0.3 is 5.32 Å². The molecule has 6 heteroatoms. The molecule has 0 amide bonds. The number of benzene rings is 1. The monoisotopic (exact) mass is 283 g/mol. The lowest BCUT2D eigenvalue weighted by molar-refractivity contribution is -0.384. The Hall–Kier alpha value is -1.33. The highest BCUT2D eigenvalue weighted by molar-refractivity contribution is 6.30. The molecule has 0 aromatic heterocycles. The predicted octanol–water partition coefficient (Wildman–Crippen LogP) is 3.14. The summed E-state index contributed by atoms with van der Waals surface area (Å²) in [5, 5.41) is 14.7. The summed E-state index contributed by atoms with van der Waals surface area (Å²) in [5.74, 6) is 0. The molecule has 1 unspecified atom stereocenters. The third-order valence-electron chi connectivity index (χ3n) is 3.47. The van der Waals surface area contributed by atoms with E-state index >= 15 is 0 Å². The minimum Gasteiger partial charge on any atom is -0.375 e. The van der Waals surface area contributed by atoms with Crippen molar-refractivity contribution >= 4 is 23.0 Å². The van der Waals surface area contributed by atoms with Crippen molar-refractivity contribution in [2.45, 2.75) is 32.4 Å². The van der Waals surface area contributed by atoms with Crippen LogP contribution in [0, 0.1) is 10.1 Å². The summed E-state index contributed by atoms with van der Waals surface area (Å²) in [7, 11) is 0. The van der Waals surface area contributed by atoms with Gasteiger partial charge in [-0.15, -0.1) is 0 Å². The first-order valence-corrected chi connectivity index (χ1v) is 6.79. The van der Waals surface area contributed by atoms with E-state index in [1.54, 1.807) is 12.1 Å². The molecule has 1 aromatic rings. The van der Waals surface area contributed by atoms with Gasteiger partial charge in [0.15, 0.2) is 0 Å². The molecule has 1 saturated heterocycles. The van der Waals surface area contributed by atoms with Gasteiger partial charge in [-0.2, -0.15) is 0 Å². The van der Waals surface area contributed by atoms with Crippen molar-refractivity contribution in [2.24, 2.45) is 0 Å². The number of rotatable bonds is 4. The first-order chi connectivity index (χ1) is 8.97. The summed E-state index contributed by atoms with van der Waals surface area (Å²) in [6, 6.07) is 5.50. The van der Waals surface area contributed by atoms with Gasteiger partial charge in [0.25, 0.3) is 5.69 Å². The highest BCUT2D eigenvalue weighted by Gasteiger charge is 2.26. The number of nitrogens with zero attached hydrogens (tertiary/aromatic N) is 2. The molecule has 0 aliphatic carbocycles. The summed E-state index contributed by atoms with van der Waals surface area (Å²) >= 11 is 5.80. The molecule has 104 valence electrons. The number of nitrogens with one attached hydrogen (secondary N) is 1. The van der Waals surface area contributed by atoms with E-state index in [4.69, 9.17) is 11.6 Å². The Kier molecular flexibility index (Phi) is 4.27. The Morgan fingerprint density at radius 1 is 1.53 bits per heavy atom. The summed E-state index contributed by atoms with van der Waals surface area (Å²) in [5.41, 5.74) is 0.584. The molecule has 1 N–H and O–H groups in total. The standard InChI is InChI=1S/C13H18ClN3O2/c1-9(2)16-6-5-11(8-16)15-12-4-3-10(14)7-13(12)17(18)19/h3-4,7,9,11,15H,5-6,8H2,1-2H3. The van der Waals surface area contributed by atoms with Crippen LogP contribution in [0.3, 0.4) is 0 Å². The van der Waals surface area contributed by atoms with Crippen LogP contribution in [0.5, 0.6) is 0 Å². The van der Waals surface area contributed by atoms with Crippen molar-refractivity contribution in [2.75, 3.05) is 18.4 Å². The smallest absolute Gasteiger partial charge is 0.293 e. The Bertz CT molecular complexity index is 479. The fraction of sp³-hybridized carbons (Fsp3) is 0.538. The quantitative estimate of drug-likeness (QED) is 0.681. The average Bonchev–Trinajstić information content (AvgIpc) is 2.80. The maximum absolute atomic E-state index is 11.0. The maximum atomic E-state index is 11.0. The van der Waals surface area contributed by atoms with Gasteiger partial charge in [0.2, 0.25) is 0 Å². The molecule has 5 nitrogen and oxygen atoms in total. The number of anilines is 1. The fourth-order valence-electron chi connectivity index (χ4n) is 2.37. The van der Waals surface area contributed by atoms with E-state index in [0.29, 0.717) is 16.8 Å². The van der Waals surface area contributed by atoms with Gasteiger partial charge in [0.1, 0.15) is 5.69 Å². The average molecular weight is 284 g/mol. The summed E-state index contributed by atoms with van der Waals surface area (Å²) in [4.78, 5) is 13.0. The minimum atomic E-state index is -0.399. The number of halogens is 1. The molecule has 0 spiro atoms. The molecule has 0 radical (unpaired) electrons. The number of hydrogen-bond donors (Lipinski definition) is 1. The van der Waals surface area contributed by atoms with Gasteiger partial charge in [0, 0.05) is 36.3 Å². The van der Waals surface area contributed by atoms with Crippen LogP contribution in [-0.2, 0) is 0 Å². The normalized spacial score (nSPS) is 19.9. The molecule has 2 rings (SSSR count). The molecular weight excluding hydrogens is 266 g/mol. The molecule has 0 bridgehead atoms. The SMILES string of the molecule is CC(C)N1CCC(Nc2ccc(Cl)cc2[N+](=O)[O-])C1. The number of hydrogen-bond acceptors (Lipinski definition) is 4. The van der Waals surface area contributed by atoms with Crippen LogP contribution in [0.15, 0.2) is 18.2 Å². The summed E-state index contributed by atoms with van der Waals surface area (Å²) < 4.78 is 0. The van der Waals surface area contributed by atoms with Gasteiger partial charge in [-0.3, -0.25) is 15.0 Å². The zero-order valence-corrected chi connectivity index (χ0v) is 11.9. The third-order valence-corrected chi connectivity index (χ3v) is 3.70. The highest BCUT2D eigenvalue weighted by Crippen LogP contribution is 2.29. The second-order valence-electron chi connectivity index (χ2n) is 5.14. The van der Waals surface area contributed by atoms with Crippen LogP contribution >= 0.6 is 11.6 Å². The highest BCUT2D eigenvalue weighted by atomic mass is 35.5. The first kappa shape index (κ1) is 14.1. The third kappa shape index (κ3) is 3.36. The van der Waals surface area contributed by atoms with Crippen LogP contribution in [0.25, 0.3) is 0 Å². The van der Waals surface area contributed by atoms with E-state index in [-0.39, 0.29) is 11.7 Å². The van der Waals surface area contributed by atoms with Crippen molar-refractivity contribution in [3.05, 3.63) is 33.3 Å². The van der Waals surface area contributed by atoms with Gasteiger partial charge in [0.05, 0.1) is 4.92 Å². The number of nitro groups is 1. The van der Waals surface area contributed by atoms with E-state index in [9.17, 15) is 10.1 Å². The van der Waals surface area contributed by atoms with E-state index in [0.717, 1.165) is 19.5 Å². The molecule has 1 aliphatic heterocycles. The number of nitro benzene ring substituents is 1. The van der Waals surface area contributed by atoms with E-state index in [2.05, 4.69) is 24.1 Å². The minimum absolute atomic E-state index is 0.0375. The predicted molar refractivity (Wildman–Crippen MR) is 76.8 cm³/mol. The van der Waals surface area contributed by atoms with Crippen LogP contribution in [0.4, 0.5) is 11.4 Å². The van der Waals surface area contributed by atoms with Gasteiger partial charge in [-0.25, -0.2) is 0 Å². The lowest BCUT2D eigenvalue weighted by atomic mass is 10.2. The molecule has 1 heterocycles. The van der Waals surface area contributed by atoms with Crippen molar-refractivity contribution < 1.29 is 4.92 Å². The van der Waals surface area contributed by atoms with Crippen LogP contribution in [0.2, 0.25) is 5.02 Å². The molecule has 0 saturated carbocycles. The van der Waals surface area contributed by atoms with Crippen LogP contribution in [0.1, 0.15) is 20.3 Å². The van der Waals surface area contributed by atoms with Crippen molar-refractivity contribution in [3.63, 3.8) is 0 Å². The van der Waals surface area contributed by atoms with E-state index in [1.807, 2.05) is 0 Å². The van der Waals surface area contributed by atoms with E-state index in [1.165, 1.54) is 6.07 Å². The molecule has 19 heavy (non-hydrogen) atoms. The van der Waals surface area contributed by atoms with Crippen LogP contribution < -0.4 is 5.32 Å². The Morgan fingerprint density at radius 2 is 2.26 bits per heavy atom. The number of likely N-dealkylation sites (tertiary alicyclic amines) is 1. The molecule has 1 aliphatic rings. The zero-order valence-electron chi connectivity index (χ0n) is 11.1. The van der Waals surface area contributed by atoms with Crippen molar-refractivity contribution in [1.29, 1.82) is 0 Å². The van der Waals surface area contributed by atoms with Crippen molar-refractivity contribution in [1.82, 2.24) is 4.90 Å². The lowest BCUT2D eigenvalue weighted by Gasteiger charge is -2.20. The zero-order chi connectivity index (χ0) is 14.0.